The van der Waals surface area contributed by atoms with Gasteiger partial charge in [-0.2, -0.15) is 13.2 Å². The summed E-state index contributed by atoms with van der Waals surface area (Å²) in [6, 6.07) is -0.861. The fourth-order valence-electron chi connectivity index (χ4n) is 0.922. The number of halogens is 4. The molecule has 0 saturated heterocycles. The Bertz CT molecular complexity index is 310. The lowest BCUT2D eigenvalue weighted by atomic mass is 10.1. The minimum Gasteiger partial charge on any atom is -0.320 e. The summed E-state index contributed by atoms with van der Waals surface area (Å²) in [4.78, 5) is 3.42. The minimum atomic E-state index is -4.50. The van der Waals surface area contributed by atoms with Gasteiger partial charge in [-0.25, -0.2) is 4.39 Å². The molecule has 0 spiro atoms. The highest BCUT2D eigenvalue weighted by molar-refractivity contribution is 5.14. The van der Waals surface area contributed by atoms with Crippen molar-refractivity contribution in [3.05, 3.63) is 29.8 Å². The summed E-state index contributed by atoms with van der Waals surface area (Å²) in [5.74, 6) is -0.771. The number of hydrogen-bond acceptors (Lipinski definition) is 2. The molecule has 2 nitrogen and oxygen atoms in total. The minimum absolute atomic E-state index is 0.0789. The van der Waals surface area contributed by atoms with Gasteiger partial charge in [0.25, 0.3) is 0 Å². The van der Waals surface area contributed by atoms with E-state index in [1.54, 1.807) is 0 Å². The van der Waals surface area contributed by atoms with Gasteiger partial charge in [-0.15, -0.1) is 0 Å². The Hall–Kier alpha value is -1.17. The maximum absolute atomic E-state index is 12.9. The van der Waals surface area contributed by atoms with Gasteiger partial charge in [0.1, 0.15) is 11.9 Å². The first-order chi connectivity index (χ1) is 6.41. The topological polar surface area (TPSA) is 38.9 Å². The van der Waals surface area contributed by atoms with Crippen LogP contribution in [0.25, 0.3) is 0 Å². The first kappa shape index (κ1) is 10.9. The van der Waals surface area contributed by atoms with Crippen molar-refractivity contribution in [2.24, 2.45) is 5.73 Å². The van der Waals surface area contributed by atoms with E-state index in [9.17, 15) is 17.6 Å². The number of rotatable bonds is 2. The fraction of sp³-hybridized carbons (Fsp3) is 0.375. The van der Waals surface area contributed by atoms with E-state index < -0.39 is 24.5 Å². The van der Waals surface area contributed by atoms with Crippen molar-refractivity contribution in [3.63, 3.8) is 0 Å². The number of nitrogens with zero attached hydrogens (tertiary/aromatic N) is 1. The number of hydrogen-bond donors (Lipinski definition) is 1. The van der Waals surface area contributed by atoms with Gasteiger partial charge in [0.15, 0.2) is 0 Å². The van der Waals surface area contributed by atoms with Crippen LogP contribution in [0.1, 0.15) is 5.56 Å². The molecule has 0 amide bonds. The van der Waals surface area contributed by atoms with Gasteiger partial charge in [-0.3, -0.25) is 4.98 Å². The van der Waals surface area contributed by atoms with Crippen molar-refractivity contribution >= 4 is 0 Å². The van der Waals surface area contributed by atoms with Crippen LogP contribution in [-0.2, 0) is 6.42 Å². The highest BCUT2D eigenvalue weighted by atomic mass is 19.4. The van der Waals surface area contributed by atoms with Crippen LogP contribution in [0.4, 0.5) is 17.6 Å². The van der Waals surface area contributed by atoms with Crippen LogP contribution in [0.3, 0.4) is 0 Å². The second-order valence-corrected chi connectivity index (χ2v) is 2.82. The van der Waals surface area contributed by atoms with E-state index >= 15 is 0 Å². The maximum atomic E-state index is 12.9. The largest absolute Gasteiger partial charge is 0.403 e. The van der Waals surface area contributed by atoms with Crippen molar-refractivity contribution in [2.45, 2.75) is 18.6 Å². The van der Waals surface area contributed by atoms with Crippen LogP contribution in [0.15, 0.2) is 18.5 Å². The van der Waals surface area contributed by atoms with Crippen LogP contribution in [0, 0.1) is 5.82 Å². The molecule has 1 atom stereocenters. The lowest BCUT2D eigenvalue weighted by Crippen LogP contribution is -2.39. The van der Waals surface area contributed by atoms with Crippen molar-refractivity contribution < 1.29 is 17.6 Å². The third-order valence-electron chi connectivity index (χ3n) is 1.72. The van der Waals surface area contributed by atoms with Crippen molar-refractivity contribution in [3.8, 4) is 0 Å². The van der Waals surface area contributed by atoms with Crippen LogP contribution in [-0.4, -0.2) is 17.2 Å². The zero-order chi connectivity index (χ0) is 10.8. The lowest BCUT2D eigenvalue weighted by molar-refractivity contribution is -0.147. The van der Waals surface area contributed by atoms with Crippen molar-refractivity contribution in [1.29, 1.82) is 0 Å². The Morgan fingerprint density at radius 2 is 2.07 bits per heavy atom. The standard InChI is InChI=1S/C8H8F4N2/c9-6-4-14-2-1-5(6)3-7(13)8(10,11)12/h1-2,4,7H,3,13H2. The summed E-state index contributed by atoms with van der Waals surface area (Å²) >= 11 is 0. The van der Waals surface area contributed by atoms with Crippen LogP contribution in [0.2, 0.25) is 0 Å². The summed E-state index contributed by atoms with van der Waals surface area (Å²) in [7, 11) is 0. The molecule has 1 unspecified atom stereocenters. The van der Waals surface area contributed by atoms with Gasteiger partial charge < -0.3 is 5.73 Å². The van der Waals surface area contributed by atoms with Crippen molar-refractivity contribution in [1.82, 2.24) is 4.98 Å². The number of aromatic nitrogens is 1. The number of nitrogens with two attached hydrogens (primary N) is 1. The van der Waals surface area contributed by atoms with E-state index in [1.165, 1.54) is 12.3 Å². The van der Waals surface area contributed by atoms with E-state index in [0.717, 1.165) is 6.20 Å². The van der Waals surface area contributed by atoms with Gasteiger partial charge in [0.05, 0.1) is 6.20 Å². The predicted molar refractivity (Wildman–Crippen MR) is 41.9 cm³/mol. The molecular weight excluding hydrogens is 200 g/mol. The summed E-state index contributed by atoms with van der Waals surface area (Å²) in [6.07, 6.45) is -2.99. The Kier molecular flexibility index (Phi) is 3.05. The van der Waals surface area contributed by atoms with Crippen LogP contribution < -0.4 is 5.73 Å². The molecule has 0 bridgehead atoms. The van der Waals surface area contributed by atoms with E-state index in [-0.39, 0.29) is 5.56 Å². The third kappa shape index (κ3) is 2.66. The molecule has 0 fully saturated rings. The Balaban J connectivity index is 2.75. The van der Waals surface area contributed by atoms with Crippen LogP contribution in [0.5, 0.6) is 0 Å². The molecule has 2 N–H and O–H groups in total. The molecule has 0 aliphatic rings. The summed E-state index contributed by atoms with van der Waals surface area (Å²) in [5, 5.41) is 0. The zero-order valence-corrected chi connectivity index (χ0v) is 7.05. The van der Waals surface area contributed by atoms with E-state index in [0.29, 0.717) is 0 Å². The zero-order valence-electron chi connectivity index (χ0n) is 7.05. The summed E-state index contributed by atoms with van der Waals surface area (Å²) < 4.78 is 48.9. The Morgan fingerprint density at radius 1 is 1.43 bits per heavy atom. The molecule has 78 valence electrons. The average Bonchev–Trinajstić information content (AvgIpc) is 2.07. The molecule has 1 heterocycles. The summed E-state index contributed by atoms with van der Waals surface area (Å²) in [6.45, 7) is 0. The van der Waals surface area contributed by atoms with E-state index in [2.05, 4.69) is 4.98 Å². The fourth-order valence-corrected chi connectivity index (χ4v) is 0.922. The normalized spacial score (nSPS) is 14.1. The molecule has 1 aromatic rings. The quantitative estimate of drug-likeness (QED) is 0.750. The molecule has 1 aromatic heterocycles. The smallest absolute Gasteiger partial charge is 0.320 e. The lowest BCUT2D eigenvalue weighted by Gasteiger charge is -2.15. The monoisotopic (exact) mass is 208 g/mol. The number of alkyl halides is 3. The highest BCUT2D eigenvalue weighted by Gasteiger charge is 2.36. The Labute approximate surface area is 77.7 Å². The molecular formula is C8H8F4N2. The van der Waals surface area contributed by atoms with Crippen molar-refractivity contribution in [2.75, 3.05) is 0 Å². The summed E-state index contributed by atoms with van der Waals surface area (Å²) in [5.41, 5.74) is 4.76. The molecule has 0 aliphatic carbocycles. The molecule has 14 heavy (non-hydrogen) atoms. The average molecular weight is 208 g/mol. The second-order valence-electron chi connectivity index (χ2n) is 2.82. The van der Waals surface area contributed by atoms with Gasteiger partial charge in [0, 0.05) is 6.20 Å². The molecule has 0 saturated carbocycles. The molecule has 6 heteroatoms. The first-order valence-electron chi connectivity index (χ1n) is 3.82. The SMILES string of the molecule is NC(Cc1ccncc1F)C(F)(F)F. The highest BCUT2D eigenvalue weighted by Crippen LogP contribution is 2.21. The van der Waals surface area contributed by atoms with Gasteiger partial charge in [-0.05, 0) is 18.1 Å². The first-order valence-corrected chi connectivity index (χ1v) is 3.82. The number of pyridine rings is 1. The molecule has 0 aromatic carbocycles. The maximum Gasteiger partial charge on any atom is 0.403 e. The van der Waals surface area contributed by atoms with Crippen LogP contribution >= 0.6 is 0 Å². The predicted octanol–water partition coefficient (Wildman–Crippen LogP) is 1.65. The van der Waals surface area contributed by atoms with Gasteiger partial charge >= 0.3 is 6.18 Å². The molecule has 1 rings (SSSR count). The second kappa shape index (κ2) is 3.91. The van der Waals surface area contributed by atoms with E-state index in [4.69, 9.17) is 5.73 Å². The molecule has 0 radical (unpaired) electrons. The van der Waals surface area contributed by atoms with Gasteiger partial charge in [-0.1, -0.05) is 0 Å². The Morgan fingerprint density at radius 3 is 2.57 bits per heavy atom. The van der Waals surface area contributed by atoms with E-state index in [1.807, 2.05) is 0 Å². The van der Waals surface area contributed by atoms with Gasteiger partial charge in [0.2, 0.25) is 0 Å². The molecule has 0 aliphatic heterocycles. The third-order valence-corrected chi connectivity index (χ3v) is 1.72.